The molecule has 1 aliphatic rings. The van der Waals surface area contributed by atoms with Crippen molar-refractivity contribution in [2.24, 2.45) is 0 Å². The second-order valence-corrected chi connectivity index (χ2v) is 6.80. The lowest BCUT2D eigenvalue weighted by atomic mass is 10.1. The highest BCUT2D eigenvalue weighted by Gasteiger charge is 2.34. The molecule has 0 radical (unpaired) electrons. The minimum Gasteiger partial charge on any atom is -0.495 e. The Hall–Kier alpha value is -2.80. The number of carbonyl (C=O) groups is 1. The van der Waals surface area contributed by atoms with Crippen molar-refractivity contribution in [3.63, 3.8) is 0 Å². The summed E-state index contributed by atoms with van der Waals surface area (Å²) in [5.74, 6) is 0.170. The predicted octanol–water partition coefficient (Wildman–Crippen LogP) is 3.41. The molecule has 140 valence electrons. The SMILES string of the molecule is CCOC(=O)c1nn2cc(-c3ccc(Cl)c(OC)c3)[nH]c(=O)c2c1C1CC1. The summed E-state index contributed by atoms with van der Waals surface area (Å²) in [6.07, 6.45) is 3.56. The van der Waals surface area contributed by atoms with Crippen molar-refractivity contribution in [2.45, 2.75) is 25.7 Å². The Balaban J connectivity index is 1.89. The van der Waals surface area contributed by atoms with Crippen LogP contribution in [0.3, 0.4) is 0 Å². The van der Waals surface area contributed by atoms with E-state index in [9.17, 15) is 9.59 Å². The van der Waals surface area contributed by atoms with Crippen LogP contribution in [-0.2, 0) is 4.74 Å². The zero-order valence-corrected chi connectivity index (χ0v) is 15.7. The summed E-state index contributed by atoms with van der Waals surface area (Å²) in [5.41, 5.74) is 2.25. The molecule has 0 aliphatic heterocycles. The zero-order valence-electron chi connectivity index (χ0n) is 14.9. The molecule has 0 bridgehead atoms. The molecular formula is C19H18ClN3O4. The number of hydrogen-bond donors (Lipinski definition) is 1. The molecule has 8 heteroatoms. The zero-order chi connectivity index (χ0) is 19.1. The maximum absolute atomic E-state index is 12.8. The Labute approximate surface area is 159 Å². The Morgan fingerprint density at radius 1 is 1.41 bits per heavy atom. The number of methoxy groups -OCH3 is 1. The van der Waals surface area contributed by atoms with Gasteiger partial charge in [-0.25, -0.2) is 9.31 Å². The molecule has 2 aromatic heterocycles. The van der Waals surface area contributed by atoms with E-state index in [0.717, 1.165) is 18.4 Å². The van der Waals surface area contributed by atoms with Gasteiger partial charge in [-0.3, -0.25) is 4.79 Å². The van der Waals surface area contributed by atoms with Crippen LogP contribution in [0, 0.1) is 0 Å². The van der Waals surface area contributed by atoms with Gasteiger partial charge in [-0.1, -0.05) is 17.7 Å². The van der Waals surface area contributed by atoms with E-state index in [1.54, 1.807) is 31.3 Å². The van der Waals surface area contributed by atoms with E-state index in [4.69, 9.17) is 21.1 Å². The lowest BCUT2D eigenvalue weighted by Gasteiger charge is -2.07. The Morgan fingerprint density at radius 3 is 2.85 bits per heavy atom. The number of carbonyl (C=O) groups excluding carboxylic acids is 1. The van der Waals surface area contributed by atoms with Crippen LogP contribution in [0.4, 0.5) is 0 Å². The molecule has 27 heavy (non-hydrogen) atoms. The van der Waals surface area contributed by atoms with Gasteiger partial charge < -0.3 is 14.5 Å². The first-order valence-corrected chi connectivity index (χ1v) is 9.07. The second kappa shape index (κ2) is 6.74. The van der Waals surface area contributed by atoms with Gasteiger partial charge in [0.2, 0.25) is 0 Å². The summed E-state index contributed by atoms with van der Waals surface area (Å²) in [7, 11) is 1.53. The van der Waals surface area contributed by atoms with Crippen LogP contribution >= 0.6 is 11.6 Å². The van der Waals surface area contributed by atoms with Gasteiger partial charge in [0.25, 0.3) is 5.56 Å². The van der Waals surface area contributed by atoms with Crippen molar-refractivity contribution in [1.29, 1.82) is 0 Å². The highest BCUT2D eigenvalue weighted by Crippen LogP contribution is 2.43. The van der Waals surface area contributed by atoms with Crippen LogP contribution in [0.15, 0.2) is 29.2 Å². The fourth-order valence-electron chi connectivity index (χ4n) is 3.19. The standard InChI is InChI=1S/C19H18ClN3O4/c1-3-27-19(25)16-15(10-4-5-10)17-18(24)21-13(9-23(17)22-16)11-6-7-12(20)14(8-11)26-2/h6-10H,3-5H2,1-2H3,(H,21,24). The fourth-order valence-corrected chi connectivity index (χ4v) is 3.38. The van der Waals surface area contributed by atoms with Crippen molar-refractivity contribution in [1.82, 2.24) is 14.6 Å². The van der Waals surface area contributed by atoms with Crippen LogP contribution in [0.2, 0.25) is 5.02 Å². The third-order valence-corrected chi connectivity index (χ3v) is 4.89. The third kappa shape index (κ3) is 3.08. The van der Waals surface area contributed by atoms with E-state index in [2.05, 4.69) is 10.1 Å². The highest BCUT2D eigenvalue weighted by molar-refractivity contribution is 6.32. The van der Waals surface area contributed by atoms with Crippen LogP contribution in [0.5, 0.6) is 5.75 Å². The van der Waals surface area contributed by atoms with Gasteiger partial charge in [-0.05, 0) is 37.8 Å². The van der Waals surface area contributed by atoms with E-state index in [-0.39, 0.29) is 23.8 Å². The van der Waals surface area contributed by atoms with Crippen LogP contribution < -0.4 is 10.3 Å². The average Bonchev–Trinajstić information content (AvgIpc) is 3.42. The third-order valence-electron chi connectivity index (χ3n) is 4.58. The summed E-state index contributed by atoms with van der Waals surface area (Å²) in [6, 6.07) is 5.21. The first kappa shape index (κ1) is 17.6. The Bertz CT molecular complexity index is 1100. The minimum atomic E-state index is -0.503. The summed E-state index contributed by atoms with van der Waals surface area (Å²) in [6.45, 7) is 1.99. The molecule has 2 heterocycles. The number of H-pyrrole nitrogens is 1. The molecule has 0 unspecified atom stereocenters. The van der Waals surface area contributed by atoms with Crippen molar-refractivity contribution < 1.29 is 14.3 Å². The maximum atomic E-state index is 12.8. The lowest BCUT2D eigenvalue weighted by Crippen LogP contribution is -2.12. The molecule has 0 spiro atoms. The van der Waals surface area contributed by atoms with Gasteiger partial charge >= 0.3 is 5.97 Å². The smallest absolute Gasteiger partial charge is 0.359 e. The predicted molar refractivity (Wildman–Crippen MR) is 101 cm³/mol. The molecule has 0 atom stereocenters. The summed E-state index contributed by atoms with van der Waals surface area (Å²) in [4.78, 5) is 28.0. The molecule has 1 fully saturated rings. The molecule has 7 nitrogen and oxygen atoms in total. The van der Waals surface area contributed by atoms with Crippen molar-refractivity contribution >= 4 is 23.1 Å². The molecule has 1 saturated carbocycles. The molecule has 4 rings (SSSR count). The van der Waals surface area contributed by atoms with Crippen LogP contribution in [0.25, 0.3) is 16.8 Å². The number of fused-ring (bicyclic) bond motifs is 1. The number of halogens is 1. The Morgan fingerprint density at radius 2 is 2.19 bits per heavy atom. The first-order chi connectivity index (χ1) is 13.0. The first-order valence-electron chi connectivity index (χ1n) is 8.70. The van der Waals surface area contributed by atoms with Crippen LogP contribution in [0.1, 0.15) is 41.7 Å². The van der Waals surface area contributed by atoms with E-state index < -0.39 is 5.97 Å². The summed E-state index contributed by atoms with van der Waals surface area (Å²) >= 11 is 6.07. The number of aromatic nitrogens is 3. The topological polar surface area (TPSA) is 85.7 Å². The van der Waals surface area contributed by atoms with Gasteiger partial charge in [0, 0.05) is 11.1 Å². The molecule has 3 aromatic rings. The van der Waals surface area contributed by atoms with Crippen molar-refractivity contribution in [3.05, 3.63) is 51.0 Å². The number of benzene rings is 1. The number of nitrogens with one attached hydrogen (secondary N) is 1. The van der Waals surface area contributed by atoms with Gasteiger partial charge in [0.1, 0.15) is 11.3 Å². The molecular weight excluding hydrogens is 370 g/mol. The number of hydrogen-bond acceptors (Lipinski definition) is 5. The number of ether oxygens (including phenoxy) is 2. The number of aromatic amines is 1. The van der Waals surface area contributed by atoms with Gasteiger partial charge in [0.05, 0.1) is 30.6 Å². The number of rotatable bonds is 5. The van der Waals surface area contributed by atoms with Crippen LogP contribution in [-0.4, -0.2) is 34.3 Å². The summed E-state index contributed by atoms with van der Waals surface area (Å²) < 4.78 is 11.8. The summed E-state index contributed by atoms with van der Waals surface area (Å²) in [5, 5.41) is 4.84. The molecule has 1 N–H and O–H groups in total. The van der Waals surface area contributed by atoms with E-state index in [1.165, 1.54) is 11.6 Å². The average molecular weight is 388 g/mol. The van der Waals surface area contributed by atoms with E-state index in [0.29, 0.717) is 27.5 Å². The molecule has 0 amide bonds. The van der Waals surface area contributed by atoms with Crippen molar-refractivity contribution in [2.75, 3.05) is 13.7 Å². The highest BCUT2D eigenvalue weighted by atomic mass is 35.5. The van der Waals surface area contributed by atoms with E-state index >= 15 is 0 Å². The maximum Gasteiger partial charge on any atom is 0.359 e. The normalized spacial score (nSPS) is 13.7. The van der Waals surface area contributed by atoms with Gasteiger partial charge in [-0.15, -0.1) is 0 Å². The molecule has 1 aliphatic carbocycles. The number of nitrogens with zero attached hydrogens (tertiary/aromatic N) is 2. The number of esters is 1. The molecule has 1 aromatic carbocycles. The van der Waals surface area contributed by atoms with E-state index in [1.807, 2.05) is 0 Å². The van der Waals surface area contributed by atoms with Gasteiger partial charge in [-0.2, -0.15) is 5.10 Å². The largest absolute Gasteiger partial charge is 0.495 e. The fraction of sp³-hybridized carbons (Fsp3) is 0.316. The Kier molecular flexibility index (Phi) is 4.39. The monoisotopic (exact) mass is 387 g/mol. The van der Waals surface area contributed by atoms with Gasteiger partial charge in [0.15, 0.2) is 5.69 Å². The second-order valence-electron chi connectivity index (χ2n) is 6.40. The quantitative estimate of drug-likeness (QED) is 0.678. The molecule has 0 saturated heterocycles. The lowest BCUT2D eigenvalue weighted by molar-refractivity contribution is 0.0517. The minimum absolute atomic E-state index is 0.171. The van der Waals surface area contributed by atoms with Crippen molar-refractivity contribution in [3.8, 4) is 17.0 Å².